The van der Waals surface area contributed by atoms with Gasteiger partial charge in [0.15, 0.2) is 5.82 Å². The van der Waals surface area contributed by atoms with Crippen molar-refractivity contribution < 1.29 is 0 Å². The van der Waals surface area contributed by atoms with Crippen molar-refractivity contribution in [2.75, 3.05) is 31.1 Å². The standard InChI is InChI=1S/C15H23N5S/c1-3-16-10-12-6-8-20(9-7-12)15-17-14(18-19-15)13-5-4-11(2)21-13/h4-5,12,16H,3,6-10H2,1-2H3,(H,17,18,19). The molecule has 1 saturated heterocycles. The van der Waals surface area contributed by atoms with E-state index in [2.05, 4.69) is 51.4 Å². The minimum absolute atomic E-state index is 0.791. The SMILES string of the molecule is CCNCC1CCN(c2n[nH]c(-c3ccc(C)s3)n2)CC1. The van der Waals surface area contributed by atoms with Crippen LogP contribution < -0.4 is 10.2 Å². The van der Waals surface area contributed by atoms with E-state index in [1.165, 1.54) is 17.7 Å². The van der Waals surface area contributed by atoms with Crippen LogP contribution in [0.15, 0.2) is 12.1 Å². The minimum atomic E-state index is 0.791. The molecule has 0 saturated carbocycles. The van der Waals surface area contributed by atoms with E-state index in [-0.39, 0.29) is 0 Å². The van der Waals surface area contributed by atoms with E-state index in [1.54, 1.807) is 11.3 Å². The zero-order valence-electron chi connectivity index (χ0n) is 12.7. The summed E-state index contributed by atoms with van der Waals surface area (Å²) < 4.78 is 0. The van der Waals surface area contributed by atoms with E-state index in [9.17, 15) is 0 Å². The first kappa shape index (κ1) is 14.5. The van der Waals surface area contributed by atoms with Gasteiger partial charge in [-0.1, -0.05) is 6.92 Å². The fourth-order valence-corrected chi connectivity index (χ4v) is 3.56. The molecule has 0 amide bonds. The number of H-pyrrole nitrogens is 1. The summed E-state index contributed by atoms with van der Waals surface area (Å²) in [6, 6.07) is 4.22. The molecule has 6 heteroatoms. The molecule has 0 radical (unpaired) electrons. The second-order valence-corrected chi connectivity index (χ2v) is 6.92. The number of hydrogen-bond acceptors (Lipinski definition) is 5. The van der Waals surface area contributed by atoms with Crippen LogP contribution in [0.5, 0.6) is 0 Å². The zero-order chi connectivity index (χ0) is 14.7. The molecule has 1 aliphatic rings. The van der Waals surface area contributed by atoms with Crippen molar-refractivity contribution in [2.45, 2.75) is 26.7 Å². The van der Waals surface area contributed by atoms with Gasteiger partial charge in [-0.25, -0.2) is 0 Å². The molecule has 2 aromatic rings. The average Bonchev–Trinajstić information content (AvgIpc) is 3.14. The molecule has 2 N–H and O–H groups in total. The lowest BCUT2D eigenvalue weighted by Gasteiger charge is -2.31. The Bertz CT molecular complexity index is 568. The quantitative estimate of drug-likeness (QED) is 0.892. The van der Waals surface area contributed by atoms with Gasteiger partial charge in [0.25, 0.3) is 0 Å². The van der Waals surface area contributed by atoms with E-state index in [0.717, 1.165) is 48.7 Å². The van der Waals surface area contributed by atoms with Crippen LogP contribution in [-0.4, -0.2) is 41.4 Å². The smallest absolute Gasteiger partial charge is 0.245 e. The van der Waals surface area contributed by atoms with Gasteiger partial charge in [0.1, 0.15) is 0 Å². The highest BCUT2D eigenvalue weighted by atomic mass is 32.1. The van der Waals surface area contributed by atoms with E-state index in [1.807, 2.05) is 0 Å². The highest BCUT2D eigenvalue weighted by Crippen LogP contribution is 2.27. The average molecular weight is 305 g/mol. The molecule has 0 atom stereocenters. The van der Waals surface area contributed by atoms with Crippen LogP contribution in [0.25, 0.3) is 10.7 Å². The van der Waals surface area contributed by atoms with Crippen LogP contribution in [0.3, 0.4) is 0 Å². The predicted molar refractivity (Wildman–Crippen MR) is 87.9 cm³/mol. The maximum atomic E-state index is 4.66. The first-order valence-electron chi connectivity index (χ1n) is 7.71. The highest BCUT2D eigenvalue weighted by molar-refractivity contribution is 7.15. The molecule has 3 heterocycles. The number of hydrogen-bond donors (Lipinski definition) is 2. The van der Waals surface area contributed by atoms with Gasteiger partial charge < -0.3 is 10.2 Å². The number of nitrogens with zero attached hydrogens (tertiary/aromatic N) is 3. The molecule has 2 aromatic heterocycles. The first-order valence-corrected chi connectivity index (χ1v) is 8.52. The second kappa shape index (κ2) is 6.58. The Morgan fingerprint density at radius 3 is 2.86 bits per heavy atom. The summed E-state index contributed by atoms with van der Waals surface area (Å²) in [5.41, 5.74) is 0. The number of aryl methyl sites for hydroxylation is 1. The van der Waals surface area contributed by atoms with E-state index in [0.29, 0.717) is 0 Å². The van der Waals surface area contributed by atoms with Crippen molar-refractivity contribution in [3.63, 3.8) is 0 Å². The minimum Gasteiger partial charge on any atom is -0.340 e. The third-order valence-electron chi connectivity index (χ3n) is 4.03. The molecule has 1 aliphatic heterocycles. The molecule has 3 rings (SSSR count). The lowest BCUT2D eigenvalue weighted by atomic mass is 9.97. The van der Waals surface area contributed by atoms with Gasteiger partial charge in [0, 0.05) is 18.0 Å². The van der Waals surface area contributed by atoms with Crippen molar-refractivity contribution in [1.29, 1.82) is 0 Å². The summed E-state index contributed by atoms with van der Waals surface area (Å²) in [5, 5.41) is 10.9. The number of thiophene rings is 1. The maximum Gasteiger partial charge on any atom is 0.245 e. The van der Waals surface area contributed by atoms with Gasteiger partial charge in [-0.3, -0.25) is 5.10 Å². The molecular weight excluding hydrogens is 282 g/mol. The van der Waals surface area contributed by atoms with Crippen molar-refractivity contribution >= 4 is 17.3 Å². The van der Waals surface area contributed by atoms with Crippen LogP contribution in [0.2, 0.25) is 0 Å². The summed E-state index contributed by atoms with van der Waals surface area (Å²) >= 11 is 1.75. The van der Waals surface area contributed by atoms with Crippen molar-refractivity contribution in [3.05, 3.63) is 17.0 Å². The molecule has 21 heavy (non-hydrogen) atoms. The number of piperidine rings is 1. The van der Waals surface area contributed by atoms with Gasteiger partial charge in [0.2, 0.25) is 5.95 Å². The first-order chi connectivity index (χ1) is 10.3. The summed E-state index contributed by atoms with van der Waals surface area (Å²) in [4.78, 5) is 9.41. The molecule has 0 unspecified atom stereocenters. The van der Waals surface area contributed by atoms with Crippen molar-refractivity contribution in [1.82, 2.24) is 20.5 Å². The van der Waals surface area contributed by atoms with Gasteiger partial charge in [-0.2, -0.15) is 4.98 Å². The Kier molecular flexibility index (Phi) is 4.55. The van der Waals surface area contributed by atoms with E-state index >= 15 is 0 Å². The van der Waals surface area contributed by atoms with Crippen molar-refractivity contribution in [2.24, 2.45) is 5.92 Å². The summed E-state index contributed by atoms with van der Waals surface area (Å²) in [6.07, 6.45) is 2.43. The number of rotatable bonds is 5. The Morgan fingerprint density at radius 2 is 2.19 bits per heavy atom. The van der Waals surface area contributed by atoms with Crippen LogP contribution in [-0.2, 0) is 0 Å². The largest absolute Gasteiger partial charge is 0.340 e. The summed E-state index contributed by atoms with van der Waals surface area (Å²) in [6.45, 7) is 8.58. The number of aromatic amines is 1. The predicted octanol–water partition coefficient (Wildman–Crippen LogP) is 2.67. The number of anilines is 1. The molecule has 1 fully saturated rings. The molecule has 5 nitrogen and oxygen atoms in total. The summed E-state index contributed by atoms with van der Waals surface area (Å²) in [5.74, 6) is 2.52. The Labute approximate surface area is 129 Å². The zero-order valence-corrected chi connectivity index (χ0v) is 13.5. The van der Waals surface area contributed by atoms with E-state index in [4.69, 9.17) is 0 Å². The normalized spacial score (nSPS) is 16.6. The van der Waals surface area contributed by atoms with Crippen LogP contribution >= 0.6 is 11.3 Å². The number of nitrogens with one attached hydrogen (secondary N) is 2. The van der Waals surface area contributed by atoms with Crippen molar-refractivity contribution in [3.8, 4) is 10.7 Å². The lowest BCUT2D eigenvalue weighted by molar-refractivity contribution is 0.384. The van der Waals surface area contributed by atoms with Crippen LogP contribution in [0.4, 0.5) is 5.95 Å². The van der Waals surface area contributed by atoms with Gasteiger partial charge in [0.05, 0.1) is 4.88 Å². The monoisotopic (exact) mass is 305 g/mol. The van der Waals surface area contributed by atoms with Gasteiger partial charge in [-0.15, -0.1) is 16.4 Å². The highest BCUT2D eigenvalue weighted by Gasteiger charge is 2.21. The maximum absolute atomic E-state index is 4.66. The molecule has 114 valence electrons. The van der Waals surface area contributed by atoms with E-state index < -0.39 is 0 Å². The lowest BCUT2D eigenvalue weighted by Crippen LogP contribution is -2.37. The van der Waals surface area contributed by atoms with Gasteiger partial charge >= 0.3 is 0 Å². The van der Waals surface area contributed by atoms with Crippen LogP contribution in [0, 0.1) is 12.8 Å². The molecular formula is C15H23N5S. The molecule has 0 aromatic carbocycles. The molecule has 0 aliphatic carbocycles. The van der Waals surface area contributed by atoms with Gasteiger partial charge in [-0.05, 0) is 50.9 Å². The third-order valence-corrected chi connectivity index (χ3v) is 5.04. The molecule has 0 spiro atoms. The third kappa shape index (κ3) is 3.44. The second-order valence-electron chi connectivity index (χ2n) is 5.63. The Morgan fingerprint density at radius 1 is 1.38 bits per heavy atom. The Balaban J connectivity index is 1.60. The fourth-order valence-electron chi connectivity index (χ4n) is 2.75. The molecule has 0 bridgehead atoms. The van der Waals surface area contributed by atoms with Crippen LogP contribution in [0.1, 0.15) is 24.6 Å². The topological polar surface area (TPSA) is 56.8 Å². The Hall–Kier alpha value is -1.40. The summed E-state index contributed by atoms with van der Waals surface area (Å²) in [7, 11) is 0. The fraction of sp³-hybridized carbons (Fsp3) is 0.600. The number of aromatic nitrogens is 3.